The highest BCUT2D eigenvalue weighted by Gasteiger charge is 2.21. The van der Waals surface area contributed by atoms with Gasteiger partial charge in [0.1, 0.15) is 12.0 Å². The maximum absolute atomic E-state index is 11.9. The first kappa shape index (κ1) is 11.3. The van der Waals surface area contributed by atoms with Crippen LogP contribution in [-0.2, 0) is 0 Å². The molecule has 0 amide bonds. The average molecular weight is 222 g/mol. The van der Waals surface area contributed by atoms with E-state index in [-0.39, 0.29) is 11.7 Å². The summed E-state index contributed by atoms with van der Waals surface area (Å²) in [7, 11) is 0. The number of carbonyl (C=O) groups excluding carboxylic acids is 1. The molecule has 0 radical (unpaired) electrons. The van der Waals surface area contributed by atoms with Crippen LogP contribution in [0.3, 0.4) is 0 Å². The van der Waals surface area contributed by atoms with Crippen LogP contribution in [0.15, 0.2) is 16.9 Å². The van der Waals surface area contributed by atoms with Crippen molar-refractivity contribution in [2.75, 3.05) is 19.6 Å². The predicted octanol–water partition coefficient (Wildman–Crippen LogP) is 1.98. The van der Waals surface area contributed by atoms with Crippen LogP contribution in [0.4, 0.5) is 0 Å². The topological polar surface area (TPSA) is 46.3 Å². The molecule has 0 N–H and O–H groups in total. The van der Waals surface area contributed by atoms with Gasteiger partial charge in [-0.2, -0.15) is 0 Å². The van der Waals surface area contributed by atoms with Crippen LogP contribution >= 0.6 is 0 Å². The lowest BCUT2D eigenvalue weighted by molar-refractivity contribution is 0.0874. The number of aromatic nitrogens is 1. The second-order valence-electron chi connectivity index (χ2n) is 4.51. The third-order valence-corrected chi connectivity index (χ3v) is 3.12. The number of hydrogen-bond donors (Lipinski definition) is 0. The van der Waals surface area contributed by atoms with E-state index < -0.39 is 0 Å². The zero-order valence-electron chi connectivity index (χ0n) is 9.69. The molecule has 1 fully saturated rings. The van der Waals surface area contributed by atoms with Crippen molar-refractivity contribution in [3.05, 3.63) is 18.0 Å². The van der Waals surface area contributed by atoms with Crippen molar-refractivity contribution in [3.8, 4) is 0 Å². The van der Waals surface area contributed by atoms with E-state index in [9.17, 15) is 4.79 Å². The number of nitrogens with zero attached hydrogens (tertiary/aromatic N) is 2. The summed E-state index contributed by atoms with van der Waals surface area (Å²) in [6, 6.07) is 1.63. The smallest absolute Gasteiger partial charge is 0.188 e. The van der Waals surface area contributed by atoms with E-state index in [0.717, 1.165) is 19.6 Å². The summed E-state index contributed by atoms with van der Waals surface area (Å²) in [5.41, 5.74) is 0.449. The maximum atomic E-state index is 11.9. The Kier molecular flexibility index (Phi) is 3.72. The van der Waals surface area contributed by atoms with Crippen LogP contribution in [0, 0.1) is 5.92 Å². The van der Waals surface area contributed by atoms with Crippen molar-refractivity contribution in [3.63, 3.8) is 0 Å². The molecule has 1 aliphatic heterocycles. The monoisotopic (exact) mass is 222 g/mol. The van der Waals surface area contributed by atoms with E-state index in [4.69, 9.17) is 4.52 Å². The Morgan fingerprint density at radius 1 is 1.50 bits per heavy atom. The Morgan fingerprint density at radius 3 is 2.88 bits per heavy atom. The molecule has 2 heterocycles. The van der Waals surface area contributed by atoms with E-state index in [2.05, 4.69) is 10.1 Å². The van der Waals surface area contributed by atoms with Gasteiger partial charge in [-0.3, -0.25) is 4.79 Å². The Labute approximate surface area is 95.6 Å². The molecule has 0 aromatic carbocycles. The Balaban J connectivity index is 1.87. The molecule has 0 saturated carbocycles. The van der Waals surface area contributed by atoms with Gasteiger partial charge in [0.25, 0.3) is 0 Å². The first-order valence-corrected chi connectivity index (χ1v) is 5.94. The minimum absolute atomic E-state index is 0.00296. The van der Waals surface area contributed by atoms with Gasteiger partial charge in [0, 0.05) is 18.5 Å². The molecule has 0 aliphatic carbocycles. The van der Waals surface area contributed by atoms with Gasteiger partial charge in [0.15, 0.2) is 5.78 Å². The van der Waals surface area contributed by atoms with Gasteiger partial charge in [-0.15, -0.1) is 0 Å². The number of carbonyl (C=O) groups is 1. The minimum atomic E-state index is 0.00296. The molecule has 0 bridgehead atoms. The Bertz CT molecular complexity index is 329. The minimum Gasteiger partial charge on any atom is -0.364 e. The zero-order chi connectivity index (χ0) is 11.4. The molecule has 16 heavy (non-hydrogen) atoms. The summed E-state index contributed by atoms with van der Waals surface area (Å²) in [6.07, 6.45) is 5.28. The zero-order valence-corrected chi connectivity index (χ0v) is 9.69. The number of likely N-dealkylation sites (tertiary alicyclic amines) is 1. The molecule has 2 rings (SSSR count). The van der Waals surface area contributed by atoms with Crippen LogP contribution in [0.25, 0.3) is 0 Å². The van der Waals surface area contributed by atoms with Crippen molar-refractivity contribution in [1.29, 1.82) is 0 Å². The van der Waals surface area contributed by atoms with Gasteiger partial charge in [0.2, 0.25) is 0 Å². The maximum Gasteiger partial charge on any atom is 0.188 e. The number of hydrogen-bond acceptors (Lipinski definition) is 4. The summed E-state index contributed by atoms with van der Waals surface area (Å²) in [4.78, 5) is 14.3. The Morgan fingerprint density at radius 2 is 2.25 bits per heavy atom. The molecule has 1 saturated heterocycles. The average Bonchev–Trinajstić information content (AvgIpc) is 2.83. The lowest BCUT2D eigenvalue weighted by Gasteiger charge is -2.28. The summed E-state index contributed by atoms with van der Waals surface area (Å²) >= 11 is 0. The van der Waals surface area contributed by atoms with Crippen molar-refractivity contribution in [2.45, 2.75) is 26.2 Å². The molecule has 0 spiro atoms. The molecular formula is C12H18N2O2. The predicted molar refractivity (Wildman–Crippen MR) is 60.3 cm³/mol. The molecule has 4 nitrogen and oxygen atoms in total. The van der Waals surface area contributed by atoms with Crippen molar-refractivity contribution < 1.29 is 9.32 Å². The first-order valence-electron chi connectivity index (χ1n) is 5.94. The SMILES string of the molecule is CC(CN1CCCCC1)C(=O)c1ccon1. The van der Waals surface area contributed by atoms with Crippen LogP contribution in [-0.4, -0.2) is 35.5 Å². The van der Waals surface area contributed by atoms with Crippen LogP contribution in [0.2, 0.25) is 0 Å². The molecule has 4 heteroatoms. The third kappa shape index (κ3) is 2.70. The van der Waals surface area contributed by atoms with E-state index in [1.807, 2.05) is 6.92 Å². The van der Waals surface area contributed by atoms with E-state index in [1.165, 1.54) is 25.5 Å². The molecular weight excluding hydrogens is 204 g/mol. The van der Waals surface area contributed by atoms with Crippen LogP contribution in [0.5, 0.6) is 0 Å². The van der Waals surface area contributed by atoms with Crippen LogP contribution in [0.1, 0.15) is 36.7 Å². The third-order valence-electron chi connectivity index (χ3n) is 3.12. The summed E-state index contributed by atoms with van der Waals surface area (Å²) in [5, 5.41) is 3.69. The van der Waals surface area contributed by atoms with Gasteiger partial charge < -0.3 is 9.42 Å². The van der Waals surface area contributed by atoms with Crippen LogP contribution < -0.4 is 0 Å². The lowest BCUT2D eigenvalue weighted by atomic mass is 10.0. The van der Waals surface area contributed by atoms with E-state index in [0.29, 0.717) is 5.69 Å². The van der Waals surface area contributed by atoms with Gasteiger partial charge in [0.05, 0.1) is 0 Å². The molecule has 1 aromatic heterocycles. The molecule has 1 aromatic rings. The largest absolute Gasteiger partial charge is 0.364 e. The number of ketones is 1. The second-order valence-corrected chi connectivity index (χ2v) is 4.51. The lowest BCUT2D eigenvalue weighted by Crippen LogP contribution is -2.35. The van der Waals surface area contributed by atoms with E-state index >= 15 is 0 Å². The molecule has 1 atom stereocenters. The summed E-state index contributed by atoms with van der Waals surface area (Å²) in [6.45, 7) is 5.05. The van der Waals surface area contributed by atoms with Gasteiger partial charge in [-0.05, 0) is 25.9 Å². The highest BCUT2D eigenvalue weighted by molar-refractivity contribution is 5.95. The van der Waals surface area contributed by atoms with Gasteiger partial charge in [-0.1, -0.05) is 18.5 Å². The van der Waals surface area contributed by atoms with Gasteiger partial charge in [-0.25, -0.2) is 0 Å². The fourth-order valence-corrected chi connectivity index (χ4v) is 2.20. The first-order chi connectivity index (χ1) is 7.77. The number of piperidine rings is 1. The van der Waals surface area contributed by atoms with E-state index in [1.54, 1.807) is 6.07 Å². The number of Topliss-reactive ketones (excluding diaryl/α,β-unsaturated/α-hetero) is 1. The second kappa shape index (κ2) is 5.25. The van der Waals surface area contributed by atoms with Gasteiger partial charge >= 0.3 is 0 Å². The highest BCUT2D eigenvalue weighted by atomic mass is 16.5. The van der Waals surface area contributed by atoms with Crippen molar-refractivity contribution in [1.82, 2.24) is 10.1 Å². The Hall–Kier alpha value is -1.16. The quantitative estimate of drug-likeness (QED) is 0.731. The summed E-state index contributed by atoms with van der Waals surface area (Å²) < 4.78 is 4.69. The van der Waals surface area contributed by atoms with Crippen molar-refractivity contribution >= 4 is 5.78 Å². The van der Waals surface area contributed by atoms with Crippen molar-refractivity contribution in [2.24, 2.45) is 5.92 Å². The fraction of sp³-hybridized carbons (Fsp3) is 0.667. The highest BCUT2D eigenvalue weighted by Crippen LogP contribution is 2.13. The molecule has 88 valence electrons. The molecule has 1 unspecified atom stereocenters. The standard InChI is InChI=1S/C12H18N2O2/c1-10(9-14-6-3-2-4-7-14)12(15)11-5-8-16-13-11/h5,8,10H,2-4,6-7,9H2,1H3. The normalized spacial score (nSPS) is 19.6. The fourth-order valence-electron chi connectivity index (χ4n) is 2.20. The summed E-state index contributed by atoms with van der Waals surface area (Å²) in [5.74, 6) is 0.0857. The molecule has 1 aliphatic rings. The number of rotatable bonds is 4.